The molecule has 1 aromatic heterocycles. The van der Waals surface area contributed by atoms with Gasteiger partial charge in [0.15, 0.2) is 0 Å². The van der Waals surface area contributed by atoms with Crippen molar-refractivity contribution in [2.75, 3.05) is 11.9 Å². The molecule has 0 aliphatic heterocycles. The number of rotatable bonds is 4. The highest BCUT2D eigenvalue weighted by molar-refractivity contribution is 5.89. The summed E-state index contributed by atoms with van der Waals surface area (Å²) in [5.74, 6) is 0.226. The monoisotopic (exact) mass is 198 g/mol. The van der Waals surface area contributed by atoms with Crippen molar-refractivity contribution < 1.29 is 14.4 Å². The number of aryl methyl sites for hydroxylation is 1. The van der Waals surface area contributed by atoms with Crippen LogP contribution < -0.4 is 5.32 Å². The molecule has 0 saturated carbocycles. The molecule has 0 fully saturated rings. The minimum Gasteiger partial charge on any atom is -0.396 e. The maximum Gasteiger partial charge on any atom is 0.234 e. The number of hydrogen-bond acceptors (Lipinski definition) is 4. The fraction of sp³-hybridized carbons (Fsp3) is 0.556. The third kappa shape index (κ3) is 2.56. The average Bonchev–Trinajstić information content (AvgIpc) is 2.46. The van der Waals surface area contributed by atoms with Crippen molar-refractivity contribution in [1.29, 1.82) is 0 Å². The summed E-state index contributed by atoms with van der Waals surface area (Å²) in [5.41, 5.74) is 1.60. The van der Waals surface area contributed by atoms with Crippen LogP contribution in [0, 0.1) is 13.8 Å². The lowest BCUT2D eigenvalue weighted by Crippen LogP contribution is -2.11. The van der Waals surface area contributed by atoms with Gasteiger partial charge in [0.2, 0.25) is 11.8 Å². The number of carbonyl (C=O) groups excluding carboxylic acids is 1. The van der Waals surface area contributed by atoms with Crippen LogP contribution in [0.2, 0.25) is 0 Å². The van der Waals surface area contributed by atoms with Gasteiger partial charge in [0.05, 0.1) is 5.69 Å². The van der Waals surface area contributed by atoms with Crippen molar-refractivity contribution in [3.63, 3.8) is 0 Å². The third-order valence-corrected chi connectivity index (χ3v) is 1.97. The minimum atomic E-state index is -0.168. The van der Waals surface area contributed by atoms with Crippen LogP contribution in [0.25, 0.3) is 0 Å². The second-order valence-corrected chi connectivity index (χ2v) is 3.10. The normalized spacial score (nSPS) is 10.2. The van der Waals surface area contributed by atoms with E-state index < -0.39 is 0 Å². The lowest BCUT2D eigenvalue weighted by atomic mass is 10.2. The van der Waals surface area contributed by atoms with Gasteiger partial charge in [-0.15, -0.1) is 0 Å². The molecule has 1 rings (SSSR count). The van der Waals surface area contributed by atoms with Gasteiger partial charge in [-0.25, -0.2) is 0 Å². The van der Waals surface area contributed by atoms with E-state index in [2.05, 4.69) is 10.5 Å². The molecule has 0 aromatic carbocycles. The fourth-order valence-electron chi connectivity index (χ4n) is 0.961. The largest absolute Gasteiger partial charge is 0.396 e. The van der Waals surface area contributed by atoms with E-state index in [1.807, 2.05) is 13.8 Å². The van der Waals surface area contributed by atoms with E-state index in [-0.39, 0.29) is 18.9 Å². The standard InChI is InChI=1S/C9H14N2O3/c1-6-7(2)11-14-9(6)10-8(13)4-3-5-12/h12H,3-5H2,1-2H3,(H,10,13). The Kier molecular flexibility index (Phi) is 3.64. The number of amides is 1. The Bertz CT molecular complexity index is 320. The summed E-state index contributed by atoms with van der Waals surface area (Å²) in [6.07, 6.45) is 0.744. The van der Waals surface area contributed by atoms with Gasteiger partial charge in [0, 0.05) is 18.6 Å². The van der Waals surface area contributed by atoms with Crippen LogP contribution in [0.5, 0.6) is 0 Å². The number of aliphatic hydroxyl groups excluding tert-OH is 1. The Labute approximate surface area is 82.1 Å². The maximum absolute atomic E-state index is 11.2. The molecule has 0 saturated heterocycles. The van der Waals surface area contributed by atoms with E-state index in [4.69, 9.17) is 9.63 Å². The van der Waals surface area contributed by atoms with Gasteiger partial charge < -0.3 is 9.63 Å². The highest BCUT2D eigenvalue weighted by Crippen LogP contribution is 2.17. The third-order valence-electron chi connectivity index (χ3n) is 1.97. The van der Waals surface area contributed by atoms with Gasteiger partial charge in [-0.2, -0.15) is 0 Å². The van der Waals surface area contributed by atoms with Crippen LogP contribution in [0.3, 0.4) is 0 Å². The minimum absolute atomic E-state index is 0.0157. The summed E-state index contributed by atoms with van der Waals surface area (Å²) >= 11 is 0. The first-order valence-corrected chi connectivity index (χ1v) is 4.48. The molecular formula is C9H14N2O3. The summed E-state index contributed by atoms with van der Waals surface area (Å²) in [7, 11) is 0. The summed E-state index contributed by atoms with van der Waals surface area (Å²) in [6, 6.07) is 0. The number of anilines is 1. The first-order valence-electron chi connectivity index (χ1n) is 4.48. The number of carbonyl (C=O) groups is 1. The molecule has 5 heteroatoms. The van der Waals surface area contributed by atoms with Gasteiger partial charge >= 0.3 is 0 Å². The SMILES string of the molecule is Cc1noc(NC(=O)CCCO)c1C. The van der Waals surface area contributed by atoms with E-state index in [1.165, 1.54) is 0 Å². The van der Waals surface area contributed by atoms with Crippen molar-refractivity contribution >= 4 is 11.8 Å². The second kappa shape index (κ2) is 4.76. The van der Waals surface area contributed by atoms with Crippen LogP contribution in [0.1, 0.15) is 24.1 Å². The van der Waals surface area contributed by atoms with Crippen LogP contribution >= 0.6 is 0 Å². The summed E-state index contributed by atoms with van der Waals surface area (Å²) in [5, 5.41) is 14.8. The molecule has 0 aliphatic rings. The molecule has 14 heavy (non-hydrogen) atoms. The molecule has 1 aromatic rings. The summed E-state index contributed by atoms with van der Waals surface area (Å²) in [6.45, 7) is 3.65. The summed E-state index contributed by atoms with van der Waals surface area (Å²) in [4.78, 5) is 11.2. The van der Waals surface area contributed by atoms with E-state index in [1.54, 1.807) is 0 Å². The first-order chi connectivity index (χ1) is 6.65. The number of hydrogen-bond donors (Lipinski definition) is 2. The number of aromatic nitrogens is 1. The maximum atomic E-state index is 11.2. The van der Waals surface area contributed by atoms with Crippen LogP contribution in [-0.2, 0) is 4.79 Å². The Morgan fingerprint density at radius 1 is 1.57 bits per heavy atom. The second-order valence-electron chi connectivity index (χ2n) is 3.10. The molecule has 1 heterocycles. The molecule has 0 spiro atoms. The predicted molar refractivity (Wildman–Crippen MR) is 50.9 cm³/mol. The molecule has 1 amide bonds. The smallest absolute Gasteiger partial charge is 0.234 e. The molecule has 5 nitrogen and oxygen atoms in total. The highest BCUT2D eigenvalue weighted by atomic mass is 16.5. The van der Waals surface area contributed by atoms with Crippen LogP contribution in [0.15, 0.2) is 4.52 Å². The van der Waals surface area contributed by atoms with Crippen molar-refractivity contribution in [2.24, 2.45) is 0 Å². The predicted octanol–water partition coefficient (Wildman–Crippen LogP) is 1.00. The molecule has 0 unspecified atom stereocenters. The fourth-order valence-corrected chi connectivity index (χ4v) is 0.961. The van der Waals surface area contributed by atoms with Gasteiger partial charge in [-0.05, 0) is 20.3 Å². The van der Waals surface area contributed by atoms with E-state index in [9.17, 15) is 4.79 Å². The number of nitrogens with one attached hydrogen (secondary N) is 1. The van der Waals surface area contributed by atoms with Gasteiger partial charge in [0.1, 0.15) is 0 Å². The van der Waals surface area contributed by atoms with Gasteiger partial charge in [-0.3, -0.25) is 10.1 Å². The molecule has 0 aliphatic carbocycles. The van der Waals surface area contributed by atoms with Gasteiger partial charge in [-0.1, -0.05) is 5.16 Å². The van der Waals surface area contributed by atoms with E-state index >= 15 is 0 Å². The lowest BCUT2D eigenvalue weighted by Gasteiger charge is -2.00. The summed E-state index contributed by atoms with van der Waals surface area (Å²) < 4.78 is 4.90. The first kappa shape index (κ1) is 10.7. The molecule has 0 atom stereocenters. The number of nitrogens with zero attached hydrogens (tertiary/aromatic N) is 1. The Balaban J connectivity index is 2.52. The van der Waals surface area contributed by atoms with Crippen LogP contribution in [0.4, 0.5) is 5.88 Å². The van der Waals surface area contributed by atoms with Crippen molar-refractivity contribution in [1.82, 2.24) is 5.16 Å². The van der Waals surface area contributed by atoms with Crippen molar-refractivity contribution in [2.45, 2.75) is 26.7 Å². The Morgan fingerprint density at radius 2 is 2.29 bits per heavy atom. The quantitative estimate of drug-likeness (QED) is 0.756. The van der Waals surface area contributed by atoms with E-state index in [0.29, 0.717) is 12.3 Å². The van der Waals surface area contributed by atoms with Gasteiger partial charge in [0.25, 0.3) is 0 Å². The molecule has 78 valence electrons. The molecular weight excluding hydrogens is 184 g/mol. The highest BCUT2D eigenvalue weighted by Gasteiger charge is 2.10. The lowest BCUT2D eigenvalue weighted by molar-refractivity contribution is -0.116. The Hall–Kier alpha value is -1.36. The molecule has 0 radical (unpaired) electrons. The van der Waals surface area contributed by atoms with Crippen LogP contribution in [-0.4, -0.2) is 22.8 Å². The number of aliphatic hydroxyl groups is 1. The molecule has 2 N–H and O–H groups in total. The van der Waals surface area contributed by atoms with Crippen molar-refractivity contribution in [3.05, 3.63) is 11.3 Å². The zero-order chi connectivity index (χ0) is 10.6. The van der Waals surface area contributed by atoms with E-state index in [0.717, 1.165) is 11.3 Å². The topological polar surface area (TPSA) is 75.4 Å². The molecule has 0 bridgehead atoms. The van der Waals surface area contributed by atoms with Crippen molar-refractivity contribution in [3.8, 4) is 0 Å². The average molecular weight is 198 g/mol. The zero-order valence-electron chi connectivity index (χ0n) is 8.33. The Morgan fingerprint density at radius 3 is 2.79 bits per heavy atom. The zero-order valence-corrected chi connectivity index (χ0v) is 8.33.